The molecule has 0 bridgehead atoms. The van der Waals surface area contributed by atoms with Crippen molar-refractivity contribution in [2.45, 2.75) is 55.9 Å². The van der Waals surface area contributed by atoms with Crippen molar-refractivity contribution in [3.63, 3.8) is 0 Å². The molecule has 0 aliphatic heterocycles. The molecule has 2 heterocycles. The van der Waals surface area contributed by atoms with Crippen molar-refractivity contribution >= 4 is 51.8 Å². The third-order valence-electron chi connectivity index (χ3n) is 5.46. The Bertz CT molecular complexity index is 1480. The number of carbonyl (C=O) groups excluding carboxylic acids is 1. The van der Waals surface area contributed by atoms with E-state index in [1.165, 1.54) is 11.8 Å². The normalized spacial score (nSPS) is 11.4. The van der Waals surface area contributed by atoms with Crippen molar-refractivity contribution in [2.75, 3.05) is 10.6 Å². The van der Waals surface area contributed by atoms with Crippen LogP contribution in [-0.4, -0.2) is 32.7 Å². The summed E-state index contributed by atoms with van der Waals surface area (Å²) in [5.41, 5.74) is 3.39. The van der Waals surface area contributed by atoms with Crippen molar-refractivity contribution in [3.8, 4) is 0 Å². The molecule has 0 saturated carbocycles. The second-order valence-electron chi connectivity index (χ2n) is 10.0. The summed E-state index contributed by atoms with van der Waals surface area (Å²) in [5.74, 6) is -0.733. The smallest absolute Gasteiger partial charge is 0.412 e. The third kappa shape index (κ3) is 6.80. The Hall–Kier alpha value is -4.11. The average molecular weight is 531 g/mol. The maximum absolute atomic E-state index is 12.1. The SMILES string of the molecule is CC(C)c1cc2nccc(Nc3cc(C(=O)O)ccc3Sc3ccc(NC(=O)OC(C)(C)C)cc3)c2cn1. The number of pyridine rings is 2. The number of carboxylic acids is 1. The average Bonchev–Trinajstić information content (AvgIpc) is 2.84. The number of aromatic nitrogens is 2. The summed E-state index contributed by atoms with van der Waals surface area (Å²) in [5, 5.41) is 16.5. The maximum Gasteiger partial charge on any atom is 0.412 e. The summed E-state index contributed by atoms with van der Waals surface area (Å²) in [6.45, 7) is 9.58. The number of carbonyl (C=O) groups is 2. The number of ether oxygens (including phenoxy) is 1. The Labute approximate surface area is 225 Å². The zero-order chi connectivity index (χ0) is 27.4. The molecule has 8 nitrogen and oxygen atoms in total. The predicted octanol–water partition coefficient (Wildman–Crippen LogP) is 7.69. The van der Waals surface area contributed by atoms with Gasteiger partial charge < -0.3 is 15.2 Å². The molecular formula is C29H30N4O4S. The van der Waals surface area contributed by atoms with Gasteiger partial charge in [0, 0.05) is 39.0 Å². The lowest BCUT2D eigenvalue weighted by Crippen LogP contribution is -2.27. The van der Waals surface area contributed by atoms with Crippen LogP contribution in [0.2, 0.25) is 0 Å². The van der Waals surface area contributed by atoms with Crippen LogP contribution < -0.4 is 10.6 Å². The number of carboxylic acid groups (broad SMARTS) is 1. The van der Waals surface area contributed by atoms with Gasteiger partial charge in [0.15, 0.2) is 0 Å². The minimum absolute atomic E-state index is 0.173. The first kappa shape index (κ1) is 26.9. The Morgan fingerprint density at radius 2 is 1.71 bits per heavy atom. The molecule has 4 aromatic rings. The van der Waals surface area contributed by atoms with Crippen LogP contribution in [0.15, 0.2) is 76.8 Å². The van der Waals surface area contributed by atoms with Crippen LogP contribution >= 0.6 is 11.8 Å². The highest BCUT2D eigenvalue weighted by atomic mass is 32.2. The fraction of sp³-hybridized carbons (Fsp3) is 0.241. The standard InChI is InChI=1S/C29H30N4O4S/c1-17(2)23-15-24-21(16-31-23)22(12-13-30-24)33-25-14-18(27(34)35)6-11-26(25)38-20-9-7-19(8-10-20)32-28(36)37-29(3,4)5/h6-17H,1-5H3,(H,30,33)(H,32,36)(H,34,35). The molecule has 0 spiro atoms. The minimum Gasteiger partial charge on any atom is -0.478 e. The number of hydrogen-bond acceptors (Lipinski definition) is 7. The van der Waals surface area contributed by atoms with E-state index in [1.54, 1.807) is 42.7 Å². The fourth-order valence-electron chi connectivity index (χ4n) is 3.63. The van der Waals surface area contributed by atoms with Gasteiger partial charge in [-0.05, 0) is 81.3 Å². The van der Waals surface area contributed by atoms with Crippen molar-refractivity contribution in [1.29, 1.82) is 0 Å². The number of rotatable bonds is 7. The molecule has 0 atom stereocenters. The molecule has 0 saturated heterocycles. The van der Waals surface area contributed by atoms with Crippen LogP contribution in [0.5, 0.6) is 0 Å². The number of nitrogens with zero attached hydrogens (tertiary/aromatic N) is 2. The fourth-order valence-corrected chi connectivity index (χ4v) is 4.51. The highest BCUT2D eigenvalue weighted by Crippen LogP contribution is 2.37. The molecule has 1 amide bonds. The zero-order valence-corrected chi connectivity index (χ0v) is 22.7. The number of benzene rings is 2. The molecule has 196 valence electrons. The maximum atomic E-state index is 12.1. The molecule has 0 unspecified atom stereocenters. The van der Waals surface area contributed by atoms with Gasteiger partial charge in [-0.25, -0.2) is 9.59 Å². The van der Waals surface area contributed by atoms with Gasteiger partial charge in [0.25, 0.3) is 0 Å². The van der Waals surface area contributed by atoms with E-state index in [0.717, 1.165) is 32.1 Å². The summed E-state index contributed by atoms with van der Waals surface area (Å²) in [7, 11) is 0. The summed E-state index contributed by atoms with van der Waals surface area (Å²) in [6, 6.07) is 16.1. The van der Waals surface area contributed by atoms with Crippen LogP contribution in [0, 0.1) is 0 Å². The van der Waals surface area contributed by atoms with Gasteiger partial charge in [0.1, 0.15) is 5.60 Å². The topological polar surface area (TPSA) is 113 Å². The van der Waals surface area contributed by atoms with E-state index in [9.17, 15) is 14.7 Å². The Kier molecular flexibility index (Phi) is 7.87. The van der Waals surface area contributed by atoms with E-state index in [-0.39, 0.29) is 11.5 Å². The van der Waals surface area contributed by atoms with Crippen molar-refractivity contribution in [1.82, 2.24) is 9.97 Å². The number of hydrogen-bond donors (Lipinski definition) is 3. The summed E-state index contributed by atoms with van der Waals surface area (Å²) in [4.78, 5) is 34.6. The lowest BCUT2D eigenvalue weighted by atomic mass is 10.1. The highest BCUT2D eigenvalue weighted by molar-refractivity contribution is 7.99. The second-order valence-corrected chi connectivity index (χ2v) is 11.1. The lowest BCUT2D eigenvalue weighted by Gasteiger charge is -2.19. The monoisotopic (exact) mass is 530 g/mol. The highest BCUT2D eigenvalue weighted by Gasteiger charge is 2.17. The molecule has 0 radical (unpaired) electrons. The molecule has 0 aliphatic rings. The predicted molar refractivity (Wildman–Crippen MR) is 151 cm³/mol. The van der Waals surface area contributed by atoms with E-state index in [2.05, 4.69) is 34.4 Å². The van der Waals surface area contributed by atoms with Crippen molar-refractivity contribution in [3.05, 3.63) is 78.2 Å². The van der Waals surface area contributed by atoms with Crippen molar-refractivity contribution < 1.29 is 19.4 Å². The van der Waals surface area contributed by atoms with E-state index in [0.29, 0.717) is 11.4 Å². The van der Waals surface area contributed by atoms with E-state index >= 15 is 0 Å². The van der Waals surface area contributed by atoms with E-state index < -0.39 is 17.7 Å². The van der Waals surface area contributed by atoms with Gasteiger partial charge in [-0.15, -0.1) is 0 Å². The first-order valence-corrected chi connectivity index (χ1v) is 13.0. The number of anilines is 3. The number of nitrogens with one attached hydrogen (secondary N) is 2. The summed E-state index contributed by atoms with van der Waals surface area (Å²) >= 11 is 1.47. The lowest BCUT2D eigenvalue weighted by molar-refractivity contribution is 0.0634. The van der Waals surface area contributed by atoms with Crippen LogP contribution in [0.25, 0.3) is 10.9 Å². The van der Waals surface area contributed by atoms with Crippen LogP contribution in [0.4, 0.5) is 21.9 Å². The molecule has 38 heavy (non-hydrogen) atoms. The quantitative estimate of drug-likeness (QED) is 0.223. The van der Waals surface area contributed by atoms with Gasteiger partial charge in [-0.1, -0.05) is 25.6 Å². The van der Waals surface area contributed by atoms with Gasteiger partial charge in [-0.3, -0.25) is 15.3 Å². The summed E-state index contributed by atoms with van der Waals surface area (Å²) < 4.78 is 5.30. The van der Waals surface area contributed by atoms with E-state index in [1.807, 2.05) is 45.0 Å². The Morgan fingerprint density at radius 3 is 2.37 bits per heavy atom. The van der Waals surface area contributed by atoms with Gasteiger partial charge in [-0.2, -0.15) is 0 Å². The number of aromatic carboxylic acids is 1. The second kappa shape index (κ2) is 11.1. The van der Waals surface area contributed by atoms with Crippen LogP contribution in [0.3, 0.4) is 0 Å². The van der Waals surface area contributed by atoms with Gasteiger partial charge in [0.05, 0.1) is 22.5 Å². The third-order valence-corrected chi connectivity index (χ3v) is 6.55. The number of amides is 1. The molecule has 9 heteroatoms. The summed E-state index contributed by atoms with van der Waals surface area (Å²) in [6.07, 6.45) is 3.00. The zero-order valence-electron chi connectivity index (χ0n) is 21.9. The van der Waals surface area contributed by atoms with Crippen LogP contribution in [-0.2, 0) is 4.74 Å². The Balaban J connectivity index is 1.60. The first-order chi connectivity index (χ1) is 18.0. The molecule has 0 aliphatic carbocycles. The first-order valence-electron chi connectivity index (χ1n) is 12.2. The molecule has 2 aromatic heterocycles. The van der Waals surface area contributed by atoms with Crippen LogP contribution in [0.1, 0.15) is 56.6 Å². The van der Waals surface area contributed by atoms with Crippen molar-refractivity contribution in [2.24, 2.45) is 0 Å². The van der Waals surface area contributed by atoms with E-state index in [4.69, 9.17) is 4.74 Å². The Morgan fingerprint density at radius 1 is 0.974 bits per heavy atom. The minimum atomic E-state index is -1.01. The molecular weight excluding hydrogens is 500 g/mol. The molecule has 0 fully saturated rings. The molecule has 4 rings (SSSR count). The van der Waals surface area contributed by atoms with Gasteiger partial charge >= 0.3 is 12.1 Å². The largest absolute Gasteiger partial charge is 0.478 e. The van der Waals surface area contributed by atoms with Gasteiger partial charge in [0.2, 0.25) is 0 Å². The molecule has 2 aromatic carbocycles. The molecule has 3 N–H and O–H groups in total. The number of fused-ring (bicyclic) bond motifs is 1.